The average molecular weight is 337 g/mol. The molecular formula is C20H23N3O2. The smallest absolute Gasteiger partial charge is 0.321 e. The summed E-state index contributed by atoms with van der Waals surface area (Å²) in [6.45, 7) is 4.54. The molecule has 1 aliphatic heterocycles. The van der Waals surface area contributed by atoms with Crippen LogP contribution in [0.4, 0.5) is 10.5 Å². The van der Waals surface area contributed by atoms with Crippen LogP contribution in [-0.2, 0) is 4.84 Å². The van der Waals surface area contributed by atoms with Crippen LogP contribution in [0.2, 0.25) is 0 Å². The van der Waals surface area contributed by atoms with Gasteiger partial charge in [0.1, 0.15) is 0 Å². The highest BCUT2D eigenvalue weighted by Crippen LogP contribution is 2.18. The predicted molar refractivity (Wildman–Crippen MR) is 100 cm³/mol. The van der Waals surface area contributed by atoms with Gasteiger partial charge in [0, 0.05) is 19.2 Å². The van der Waals surface area contributed by atoms with Gasteiger partial charge in [-0.25, -0.2) is 4.79 Å². The Hall–Kier alpha value is -2.82. The third-order valence-corrected chi connectivity index (χ3v) is 4.21. The van der Waals surface area contributed by atoms with Crippen molar-refractivity contribution in [1.82, 2.24) is 4.90 Å². The minimum Gasteiger partial charge on any atom is -0.390 e. The zero-order valence-electron chi connectivity index (χ0n) is 14.8. The van der Waals surface area contributed by atoms with Crippen molar-refractivity contribution in [3.63, 3.8) is 0 Å². The second-order valence-electron chi connectivity index (χ2n) is 6.52. The number of rotatable bonds is 4. The number of amides is 2. The van der Waals surface area contributed by atoms with Crippen LogP contribution in [0.15, 0.2) is 53.7 Å². The molecule has 0 radical (unpaired) electrons. The van der Waals surface area contributed by atoms with Gasteiger partial charge in [-0.1, -0.05) is 47.1 Å². The quantitative estimate of drug-likeness (QED) is 0.918. The summed E-state index contributed by atoms with van der Waals surface area (Å²) >= 11 is 0. The number of carbonyl (C=O) groups is 1. The molecule has 3 rings (SSSR count). The molecule has 0 saturated heterocycles. The number of likely N-dealkylation sites (N-methyl/N-ethyl adjacent to an activating group) is 1. The van der Waals surface area contributed by atoms with Gasteiger partial charge in [-0.3, -0.25) is 0 Å². The summed E-state index contributed by atoms with van der Waals surface area (Å²) in [5.74, 6) is 0. The summed E-state index contributed by atoms with van der Waals surface area (Å²) in [5, 5.41) is 7.08. The zero-order chi connectivity index (χ0) is 17.8. The summed E-state index contributed by atoms with van der Waals surface area (Å²) in [6.07, 6.45) is 0.579. The van der Waals surface area contributed by atoms with Crippen molar-refractivity contribution in [2.75, 3.05) is 18.9 Å². The molecule has 0 bridgehead atoms. The Morgan fingerprint density at radius 1 is 1.20 bits per heavy atom. The van der Waals surface area contributed by atoms with Gasteiger partial charge in [0.2, 0.25) is 0 Å². The number of urea groups is 1. The molecular weight excluding hydrogens is 314 g/mol. The van der Waals surface area contributed by atoms with E-state index in [-0.39, 0.29) is 12.1 Å². The van der Waals surface area contributed by atoms with Crippen molar-refractivity contribution >= 4 is 17.4 Å². The molecule has 0 fully saturated rings. The molecule has 0 saturated carbocycles. The van der Waals surface area contributed by atoms with Crippen molar-refractivity contribution in [3.05, 3.63) is 65.2 Å². The van der Waals surface area contributed by atoms with E-state index in [9.17, 15) is 4.79 Å². The van der Waals surface area contributed by atoms with Gasteiger partial charge in [0.25, 0.3) is 0 Å². The first-order valence-electron chi connectivity index (χ1n) is 8.40. The SMILES string of the molecule is Cc1ccc(C2=NOC(CN(C)C(=O)Nc3cccc(C)c3)C2)cc1. The van der Waals surface area contributed by atoms with Crippen LogP contribution in [0.1, 0.15) is 23.1 Å². The normalized spacial score (nSPS) is 16.1. The number of benzene rings is 2. The van der Waals surface area contributed by atoms with E-state index in [1.165, 1.54) is 5.56 Å². The second-order valence-corrected chi connectivity index (χ2v) is 6.52. The number of aryl methyl sites for hydroxylation is 2. The van der Waals surface area contributed by atoms with Crippen LogP contribution >= 0.6 is 0 Å². The standard InChI is InChI=1S/C20H23N3O2/c1-14-7-9-16(10-8-14)19-12-18(25-22-19)13-23(3)20(24)21-17-6-4-5-15(2)11-17/h4-11,18H,12-13H2,1-3H3,(H,21,24). The monoisotopic (exact) mass is 337 g/mol. The molecule has 0 spiro atoms. The van der Waals surface area contributed by atoms with Crippen molar-refractivity contribution < 1.29 is 9.63 Å². The maximum Gasteiger partial charge on any atom is 0.321 e. The molecule has 25 heavy (non-hydrogen) atoms. The van der Waals surface area contributed by atoms with E-state index in [2.05, 4.69) is 29.5 Å². The molecule has 2 amide bonds. The number of hydrogen-bond donors (Lipinski definition) is 1. The van der Waals surface area contributed by atoms with Gasteiger partial charge in [0.15, 0.2) is 6.10 Å². The number of oxime groups is 1. The fourth-order valence-corrected chi connectivity index (χ4v) is 2.77. The summed E-state index contributed by atoms with van der Waals surface area (Å²) in [5.41, 5.74) is 5.11. The van der Waals surface area contributed by atoms with Crippen molar-refractivity contribution in [2.24, 2.45) is 5.16 Å². The number of nitrogens with one attached hydrogen (secondary N) is 1. The topological polar surface area (TPSA) is 53.9 Å². The van der Waals surface area contributed by atoms with Crippen LogP contribution in [0.3, 0.4) is 0 Å². The summed E-state index contributed by atoms with van der Waals surface area (Å²) in [7, 11) is 1.76. The van der Waals surface area contributed by atoms with E-state index in [0.29, 0.717) is 13.0 Å². The lowest BCUT2D eigenvalue weighted by Gasteiger charge is -2.20. The molecule has 0 aromatic heterocycles. The highest BCUT2D eigenvalue weighted by molar-refractivity contribution is 6.01. The first-order valence-corrected chi connectivity index (χ1v) is 8.40. The number of carbonyl (C=O) groups excluding carboxylic acids is 1. The van der Waals surface area contributed by atoms with Gasteiger partial charge in [-0.05, 0) is 37.1 Å². The van der Waals surface area contributed by atoms with E-state index < -0.39 is 0 Å². The number of anilines is 1. The second kappa shape index (κ2) is 7.38. The highest BCUT2D eigenvalue weighted by atomic mass is 16.6. The lowest BCUT2D eigenvalue weighted by molar-refractivity contribution is 0.0672. The van der Waals surface area contributed by atoms with Gasteiger partial charge in [-0.2, -0.15) is 0 Å². The van der Waals surface area contributed by atoms with E-state index in [1.807, 2.05) is 43.3 Å². The van der Waals surface area contributed by atoms with Crippen molar-refractivity contribution in [1.29, 1.82) is 0 Å². The third kappa shape index (κ3) is 4.38. The molecule has 1 unspecified atom stereocenters. The highest BCUT2D eigenvalue weighted by Gasteiger charge is 2.25. The van der Waals surface area contributed by atoms with Gasteiger partial charge >= 0.3 is 6.03 Å². The summed E-state index contributed by atoms with van der Waals surface area (Å²) in [6, 6.07) is 15.8. The molecule has 1 aliphatic rings. The Morgan fingerprint density at radius 2 is 1.96 bits per heavy atom. The first kappa shape index (κ1) is 17.0. The first-order chi connectivity index (χ1) is 12.0. The van der Waals surface area contributed by atoms with Crippen molar-refractivity contribution in [3.8, 4) is 0 Å². The Bertz CT molecular complexity index is 784. The molecule has 1 heterocycles. The largest absolute Gasteiger partial charge is 0.390 e. The molecule has 1 atom stereocenters. The lowest BCUT2D eigenvalue weighted by atomic mass is 10.0. The summed E-state index contributed by atoms with van der Waals surface area (Å²) < 4.78 is 0. The lowest BCUT2D eigenvalue weighted by Crippen LogP contribution is -2.37. The summed E-state index contributed by atoms with van der Waals surface area (Å²) in [4.78, 5) is 19.5. The van der Waals surface area contributed by atoms with Crippen LogP contribution in [0, 0.1) is 13.8 Å². The molecule has 2 aromatic rings. The van der Waals surface area contributed by atoms with Gasteiger partial charge in [-0.15, -0.1) is 0 Å². The molecule has 0 aliphatic carbocycles. The van der Waals surface area contributed by atoms with Gasteiger partial charge in [0.05, 0.1) is 12.3 Å². The Balaban J connectivity index is 1.53. The Labute approximate surface area is 148 Å². The maximum absolute atomic E-state index is 12.3. The fourth-order valence-electron chi connectivity index (χ4n) is 2.77. The van der Waals surface area contributed by atoms with Crippen LogP contribution < -0.4 is 5.32 Å². The third-order valence-electron chi connectivity index (χ3n) is 4.21. The number of hydrogen-bond acceptors (Lipinski definition) is 3. The maximum atomic E-state index is 12.3. The average Bonchev–Trinajstić information content (AvgIpc) is 3.04. The van der Waals surface area contributed by atoms with E-state index in [4.69, 9.17) is 4.84 Å². The minimum atomic E-state index is -0.155. The van der Waals surface area contributed by atoms with Crippen LogP contribution in [-0.4, -0.2) is 36.3 Å². The van der Waals surface area contributed by atoms with E-state index in [0.717, 1.165) is 22.5 Å². The zero-order valence-corrected chi connectivity index (χ0v) is 14.8. The predicted octanol–water partition coefficient (Wildman–Crippen LogP) is 3.96. The fraction of sp³-hybridized carbons (Fsp3) is 0.300. The molecule has 5 nitrogen and oxygen atoms in total. The van der Waals surface area contributed by atoms with Crippen LogP contribution in [0.5, 0.6) is 0 Å². The van der Waals surface area contributed by atoms with E-state index >= 15 is 0 Å². The van der Waals surface area contributed by atoms with Crippen molar-refractivity contribution in [2.45, 2.75) is 26.4 Å². The Morgan fingerprint density at radius 3 is 2.68 bits per heavy atom. The molecule has 1 N–H and O–H groups in total. The molecule has 2 aromatic carbocycles. The minimum absolute atomic E-state index is 0.121. The Kier molecular flexibility index (Phi) is 5.03. The molecule has 5 heteroatoms. The molecule has 130 valence electrons. The number of nitrogens with zero attached hydrogens (tertiary/aromatic N) is 2. The van der Waals surface area contributed by atoms with E-state index in [1.54, 1.807) is 11.9 Å². The van der Waals surface area contributed by atoms with Crippen LogP contribution in [0.25, 0.3) is 0 Å². The van der Waals surface area contributed by atoms with Gasteiger partial charge < -0.3 is 15.1 Å².